The molecule has 2 atom stereocenters. The molecule has 0 saturated heterocycles. The SMILES string of the molecule is CC[C@@H](C)[C@@H](NC(=O)c1ccccc1)C(=O)Nc1cccc(S(=O)(=O)NC2=NCCCCC2)c1. The lowest BCUT2D eigenvalue weighted by molar-refractivity contribution is -0.119. The summed E-state index contributed by atoms with van der Waals surface area (Å²) >= 11 is 0. The number of rotatable bonds is 8. The van der Waals surface area contributed by atoms with Crippen LogP contribution in [-0.4, -0.2) is 38.7 Å². The van der Waals surface area contributed by atoms with Crippen LogP contribution >= 0.6 is 0 Å². The van der Waals surface area contributed by atoms with Gasteiger partial charge in [-0.25, -0.2) is 8.42 Å². The number of aliphatic imine (C=N–C) groups is 1. The van der Waals surface area contributed by atoms with Crippen molar-refractivity contribution in [1.82, 2.24) is 10.0 Å². The van der Waals surface area contributed by atoms with Gasteiger partial charge >= 0.3 is 0 Å². The van der Waals surface area contributed by atoms with E-state index in [9.17, 15) is 18.0 Å². The Morgan fingerprint density at radius 3 is 2.53 bits per heavy atom. The van der Waals surface area contributed by atoms with Crippen molar-refractivity contribution in [2.24, 2.45) is 10.9 Å². The zero-order chi connectivity index (χ0) is 24.6. The van der Waals surface area contributed by atoms with Gasteiger partial charge in [0.15, 0.2) is 0 Å². The summed E-state index contributed by atoms with van der Waals surface area (Å²) in [6.07, 6.45) is 4.13. The van der Waals surface area contributed by atoms with Crippen LogP contribution in [-0.2, 0) is 14.8 Å². The molecule has 2 aromatic rings. The molecule has 182 valence electrons. The van der Waals surface area contributed by atoms with Gasteiger partial charge in [0.25, 0.3) is 15.9 Å². The van der Waals surface area contributed by atoms with Crippen molar-refractivity contribution in [3.8, 4) is 0 Å². The van der Waals surface area contributed by atoms with Crippen molar-refractivity contribution in [2.45, 2.75) is 56.9 Å². The van der Waals surface area contributed by atoms with Crippen LogP contribution in [0.5, 0.6) is 0 Å². The summed E-state index contributed by atoms with van der Waals surface area (Å²) in [6.45, 7) is 4.43. The quantitative estimate of drug-likeness (QED) is 0.529. The second-order valence-electron chi connectivity index (χ2n) is 8.46. The van der Waals surface area contributed by atoms with Crippen LogP contribution in [0.3, 0.4) is 0 Å². The van der Waals surface area contributed by atoms with E-state index in [1.54, 1.807) is 36.4 Å². The average Bonchev–Trinajstić information content (AvgIpc) is 3.10. The number of anilines is 1. The Labute approximate surface area is 201 Å². The van der Waals surface area contributed by atoms with Crippen LogP contribution in [0.15, 0.2) is 64.5 Å². The predicted molar refractivity (Wildman–Crippen MR) is 133 cm³/mol. The minimum atomic E-state index is -3.83. The van der Waals surface area contributed by atoms with E-state index in [4.69, 9.17) is 0 Å². The lowest BCUT2D eigenvalue weighted by atomic mass is 9.97. The van der Waals surface area contributed by atoms with Gasteiger partial charge in [0.2, 0.25) is 5.91 Å². The molecule has 8 nitrogen and oxygen atoms in total. The third-order valence-electron chi connectivity index (χ3n) is 5.86. The molecule has 1 aliphatic rings. The van der Waals surface area contributed by atoms with Gasteiger partial charge < -0.3 is 10.6 Å². The fourth-order valence-corrected chi connectivity index (χ4v) is 4.78. The molecule has 34 heavy (non-hydrogen) atoms. The highest BCUT2D eigenvalue weighted by atomic mass is 32.2. The summed E-state index contributed by atoms with van der Waals surface area (Å²) in [7, 11) is -3.83. The molecule has 0 unspecified atom stereocenters. The smallest absolute Gasteiger partial charge is 0.262 e. The molecule has 0 radical (unpaired) electrons. The Kier molecular flexibility index (Phi) is 8.81. The first-order valence-corrected chi connectivity index (χ1v) is 13.1. The lowest BCUT2D eigenvalue weighted by Crippen LogP contribution is -2.47. The summed E-state index contributed by atoms with van der Waals surface area (Å²) in [5.74, 6) is -0.415. The van der Waals surface area contributed by atoms with Gasteiger partial charge in [-0.15, -0.1) is 0 Å². The molecule has 9 heteroatoms. The Morgan fingerprint density at radius 1 is 1.03 bits per heavy atom. The summed E-state index contributed by atoms with van der Waals surface area (Å²) in [4.78, 5) is 30.1. The molecule has 0 fully saturated rings. The summed E-state index contributed by atoms with van der Waals surface area (Å²) in [6, 6.07) is 14.0. The fourth-order valence-electron chi connectivity index (χ4n) is 3.65. The highest BCUT2D eigenvalue weighted by molar-refractivity contribution is 7.90. The van der Waals surface area contributed by atoms with E-state index < -0.39 is 22.0 Å². The first kappa shape index (κ1) is 25.4. The third kappa shape index (κ3) is 6.90. The summed E-state index contributed by atoms with van der Waals surface area (Å²) in [5, 5.41) is 5.58. The maximum atomic E-state index is 13.1. The normalized spacial score (nSPS) is 15.9. The average molecular weight is 485 g/mol. The molecule has 2 amide bonds. The number of amidine groups is 1. The Balaban J connectivity index is 1.74. The van der Waals surface area contributed by atoms with E-state index in [1.807, 2.05) is 19.9 Å². The molecule has 0 aromatic heterocycles. The molecule has 3 N–H and O–H groups in total. The third-order valence-corrected chi connectivity index (χ3v) is 7.24. The van der Waals surface area contributed by atoms with Crippen molar-refractivity contribution in [3.63, 3.8) is 0 Å². The van der Waals surface area contributed by atoms with Gasteiger partial charge in [-0.05, 0) is 49.1 Å². The van der Waals surface area contributed by atoms with Crippen LogP contribution in [0.4, 0.5) is 5.69 Å². The first-order chi connectivity index (χ1) is 16.3. The standard InChI is InChI=1S/C25H32N4O4S/c1-3-18(2)23(28-24(30)19-11-6-4-7-12-19)25(31)27-20-13-10-14-21(17-20)34(32,33)29-22-15-8-5-9-16-26-22/h4,6-7,10-14,17-18,23H,3,5,8-9,15-16H2,1-2H3,(H,26,29)(H,27,31)(H,28,30)/t18-,23-/m1/s1. The molecular formula is C25H32N4O4S. The maximum absolute atomic E-state index is 13.1. The highest BCUT2D eigenvalue weighted by Crippen LogP contribution is 2.18. The van der Waals surface area contributed by atoms with Crippen LogP contribution in [0.25, 0.3) is 0 Å². The van der Waals surface area contributed by atoms with E-state index in [1.165, 1.54) is 12.1 Å². The first-order valence-electron chi connectivity index (χ1n) is 11.6. The second-order valence-corrected chi connectivity index (χ2v) is 10.1. The number of benzene rings is 2. The number of hydrogen-bond acceptors (Lipinski definition) is 5. The van der Waals surface area contributed by atoms with Crippen molar-refractivity contribution < 1.29 is 18.0 Å². The maximum Gasteiger partial charge on any atom is 0.262 e. The number of hydrogen-bond donors (Lipinski definition) is 3. The zero-order valence-electron chi connectivity index (χ0n) is 19.6. The van der Waals surface area contributed by atoms with E-state index in [-0.39, 0.29) is 16.7 Å². The van der Waals surface area contributed by atoms with Gasteiger partial charge in [-0.1, -0.05) is 51.0 Å². The molecule has 1 aliphatic heterocycles. The Bertz CT molecular complexity index is 1130. The van der Waals surface area contributed by atoms with Crippen LogP contribution < -0.4 is 15.4 Å². The topological polar surface area (TPSA) is 117 Å². The minimum Gasteiger partial charge on any atom is -0.340 e. The number of carbonyl (C=O) groups is 2. The van der Waals surface area contributed by atoms with Gasteiger partial charge in [0.1, 0.15) is 11.9 Å². The minimum absolute atomic E-state index is 0.0330. The van der Waals surface area contributed by atoms with Crippen LogP contribution in [0.2, 0.25) is 0 Å². The molecule has 0 saturated carbocycles. The number of carbonyl (C=O) groups excluding carboxylic acids is 2. The van der Waals surface area contributed by atoms with Crippen LogP contribution in [0, 0.1) is 5.92 Å². The predicted octanol–water partition coefficient (Wildman–Crippen LogP) is 3.72. The van der Waals surface area contributed by atoms with Gasteiger partial charge in [-0.3, -0.25) is 19.3 Å². The molecule has 1 heterocycles. The van der Waals surface area contributed by atoms with E-state index in [0.29, 0.717) is 36.5 Å². The van der Waals surface area contributed by atoms with Gasteiger partial charge in [-0.2, -0.15) is 0 Å². The highest BCUT2D eigenvalue weighted by Gasteiger charge is 2.27. The van der Waals surface area contributed by atoms with Crippen molar-refractivity contribution in [2.75, 3.05) is 11.9 Å². The number of sulfonamides is 1. The summed E-state index contributed by atoms with van der Waals surface area (Å²) in [5.41, 5.74) is 0.794. The molecular weight excluding hydrogens is 452 g/mol. The summed E-state index contributed by atoms with van der Waals surface area (Å²) < 4.78 is 28.3. The molecule has 2 aromatic carbocycles. The monoisotopic (exact) mass is 484 g/mol. The van der Waals surface area contributed by atoms with Gasteiger partial charge in [0, 0.05) is 24.2 Å². The van der Waals surface area contributed by atoms with Crippen molar-refractivity contribution in [3.05, 3.63) is 60.2 Å². The van der Waals surface area contributed by atoms with Crippen LogP contribution in [0.1, 0.15) is 56.3 Å². The number of amides is 2. The van der Waals surface area contributed by atoms with Crippen molar-refractivity contribution >= 4 is 33.4 Å². The Morgan fingerprint density at radius 2 is 1.79 bits per heavy atom. The van der Waals surface area contributed by atoms with E-state index in [0.717, 1.165) is 19.3 Å². The molecule has 0 spiro atoms. The fraction of sp³-hybridized carbons (Fsp3) is 0.400. The van der Waals surface area contributed by atoms with Gasteiger partial charge in [0.05, 0.1) is 4.90 Å². The van der Waals surface area contributed by atoms with Crippen molar-refractivity contribution in [1.29, 1.82) is 0 Å². The van der Waals surface area contributed by atoms with E-state index >= 15 is 0 Å². The molecule has 3 rings (SSSR count). The molecule has 0 bridgehead atoms. The Hall–Kier alpha value is -3.20. The number of nitrogens with zero attached hydrogens (tertiary/aromatic N) is 1. The number of nitrogens with one attached hydrogen (secondary N) is 3. The largest absolute Gasteiger partial charge is 0.340 e. The van der Waals surface area contributed by atoms with E-state index in [2.05, 4.69) is 20.3 Å². The zero-order valence-corrected chi connectivity index (χ0v) is 20.4. The second kappa shape index (κ2) is 11.8. The molecule has 0 aliphatic carbocycles. The lowest BCUT2D eigenvalue weighted by Gasteiger charge is -2.23.